The first-order valence-corrected chi connectivity index (χ1v) is 7.94. The summed E-state index contributed by atoms with van der Waals surface area (Å²) in [6.07, 6.45) is 5.66. The van der Waals surface area contributed by atoms with Crippen molar-refractivity contribution in [3.05, 3.63) is 17.5 Å². The predicted octanol–water partition coefficient (Wildman–Crippen LogP) is 1.74. The van der Waals surface area contributed by atoms with Gasteiger partial charge in [-0.3, -0.25) is 9.48 Å². The SMILES string of the molecule is Cc1cc(C(=O)N2CCCC(CO)(CC3CC3)C2)n(C)n1. The lowest BCUT2D eigenvalue weighted by Crippen LogP contribution is -2.48. The maximum Gasteiger partial charge on any atom is 0.272 e. The Bertz CT molecular complexity index is 536. The number of aromatic nitrogens is 2. The van der Waals surface area contributed by atoms with Crippen molar-refractivity contribution >= 4 is 5.91 Å². The van der Waals surface area contributed by atoms with E-state index in [1.807, 2.05) is 24.9 Å². The fourth-order valence-corrected chi connectivity index (χ4v) is 3.65. The number of amides is 1. The summed E-state index contributed by atoms with van der Waals surface area (Å²) < 4.78 is 1.66. The number of hydrogen-bond acceptors (Lipinski definition) is 3. The van der Waals surface area contributed by atoms with Crippen molar-refractivity contribution in [2.75, 3.05) is 19.7 Å². The van der Waals surface area contributed by atoms with Crippen molar-refractivity contribution in [3.8, 4) is 0 Å². The molecule has 21 heavy (non-hydrogen) atoms. The smallest absolute Gasteiger partial charge is 0.272 e. The topological polar surface area (TPSA) is 58.4 Å². The van der Waals surface area contributed by atoms with Crippen LogP contribution in [0.15, 0.2) is 6.07 Å². The number of aliphatic hydroxyl groups excluding tert-OH is 1. The highest BCUT2D eigenvalue weighted by Gasteiger charge is 2.41. The summed E-state index contributed by atoms with van der Waals surface area (Å²) in [4.78, 5) is 14.6. The summed E-state index contributed by atoms with van der Waals surface area (Å²) in [6.45, 7) is 3.56. The maximum atomic E-state index is 12.7. The molecule has 1 saturated carbocycles. The van der Waals surface area contributed by atoms with E-state index in [1.54, 1.807) is 4.68 Å². The first-order valence-electron chi connectivity index (χ1n) is 7.94. The molecule has 1 N–H and O–H groups in total. The van der Waals surface area contributed by atoms with Crippen LogP contribution in [-0.2, 0) is 7.05 Å². The fraction of sp³-hybridized carbons (Fsp3) is 0.750. The van der Waals surface area contributed by atoms with Crippen LogP contribution in [0.5, 0.6) is 0 Å². The van der Waals surface area contributed by atoms with E-state index in [4.69, 9.17) is 0 Å². The molecule has 1 saturated heterocycles. The Hall–Kier alpha value is -1.36. The second kappa shape index (κ2) is 5.44. The number of rotatable bonds is 4. The van der Waals surface area contributed by atoms with Crippen LogP contribution < -0.4 is 0 Å². The minimum absolute atomic E-state index is 0.0476. The first-order chi connectivity index (χ1) is 10.0. The van der Waals surface area contributed by atoms with Gasteiger partial charge in [-0.1, -0.05) is 12.8 Å². The molecule has 2 aliphatic rings. The molecule has 1 aromatic rings. The van der Waals surface area contributed by atoms with Crippen molar-refractivity contribution in [1.82, 2.24) is 14.7 Å². The number of piperidine rings is 1. The van der Waals surface area contributed by atoms with E-state index in [-0.39, 0.29) is 17.9 Å². The van der Waals surface area contributed by atoms with E-state index in [9.17, 15) is 9.90 Å². The third kappa shape index (κ3) is 2.98. The number of carbonyl (C=O) groups is 1. The normalized spacial score (nSPS) is 26.1. The van der Waals surface area contributed by atoms with E-state index in [0.29, 0.717) is 12.2 Å². The molecule has 1 aliphatic heterocycles. The lowest BCUT2D eigenvalue weighted by Gasteiger charge is -2.42. The Labute approximate surface area is 125 Å². The van der Waals surface area contributed by atoms with Crippen LogP contribution in [0.3, 0.4) is 0 Å². The number of aliphatic hydroxyl groups is 1. The van der Waals surface area contributed by atoms with Crippen LogP contribution in [0.2, 0.25) is 0 Å². The molecule has 0 radical (unpaired) electrons. The van der Waals surface area contributed by atoms with Crippen molar-refractivity contribution in [1.29, 1.82) is 0 Å². The van der Waals surface area contributed by atoms with Crippen LogP contribution >= 0.6 is 0 Å². The number of carbonyl (C=O) groups excluding carboxylic acids is 1. The Morgan fingerprint density at radius 3 is 2.86 bits per heavy atom. The molecule has 1 unspecified atom stereocenters. The molecule has 3 rings (SSSR count). The second-order valence-electron chi connectivity index (χ2n) is 6.93. The Balaban J connectivity index is 1.75. The molecule has 5 nitrogen and oxygen atoms in total. The highest BCUT2D eigenvalue weighted by molar-refractivity contribution is 5.92. The average Bonchev–Trinajstić information content (AvgIpc) is 3.21. The number of hydrogen-bond donors (Lipinski definition) is 1. The minimum Gasteiger partial charge on any atom is -0.396 e. The maximum absolute atomic E-state index is 12.7. The molecule has 2 fully saturated rings. The van der Waals surface area contributed by atoms with Gasteiger partial charge in [0.25, 0.3) is 5.91 Å². The zero-order chi connectivity index (χ0) is 15.0. The van der Waals surface area contributed by atoms with Crippen LogP contribution in [0, 0.1) is 18.3 Å². The van der Waals surface area contributed by atoms with Crippen LogP contribution in [0.1, 0.15) is 48.3 Å². The van der Waals surface area contributed by atoms with Gasteiger partial charge in [0.1, 0.15) is 5.69 Å². The molecule has 5 heteroatoms. The van der Waals surface area contributed by atoms with E-state index in [0.717, 1.165) is 37.4 Å². The van der Waals surface area contributed by atoms with E-state index < -0.39 is 0 Å². The molecule has 0 bridgehead atoms. The number of aryl methyl sites for hydroxylation is 2. The van der Waals surface area contributed by atoms with E-state index in [1.165, 1.54) is 12.8 Å². The molecule has 1 amide bonds. The number of likely N-dealkylation sites (tertiary alicyclic amines) is 1. The average molecular weight is 291 g/mol. The monoisotopic (exact) mass is 291 g/mol. The van der Waals surface area contributed by atoms with Gasteiger partial charge in [-0.05, 0) is 38.2 Å². The zero-order valence-corrected chi connectivity index (χ0v) is 13.0. The van der Waals surface area contributed by atoms with Crippen LogP contribution in [0.4, 0.5) is 0 Å². The van der Waals surface area contributed by atoms with Gasteiger partial charge in [0.15, 0.2) is 0 Å². The van der Waals surface area contributed by atoms with Gasteiger partial charge in [-0.25, -0.2) is 0 Å². The summed E-state index contributed by atoms with van der Waals surface area (Å²) in [7, 11) is 1.81. The Morgan fingerprint density at radius 1 is 1.52 bits per heavy atom. The molecule has 116 valence electrons. The van der Waals surface area contributed by atoms with Gasteiger partial charge in [0, 0.05) is 25.6 Å². The van der Waals surface area contributed by atoms with Crippen LogP contribution in [0.25, 0.3) is 0 Å². The summed E-state index contributed by atoms with van der Waals surface area (Å²) >= 11 is 0. The van der Waals surface area contributed by atoms with Crippen LogP contribution in [-0.4, -0.2) is 45.4 Å². The summed E-state index contributed by atoms with van der Waals surface area (Å²) in [5.41, 5.74) is 1.43. The largest absolute Gasteiger partial charge is 0.396 e. The van der Waals surface area contributed by atoms with Crippen molar-refractivity contribution in [2.45, 2.75) is 39.0 Å². The standard InChI is InChI=1S/C16H25N3O2/c1-12-8-14(18(2)17-12)15(21)19-7-3-6-16(10-19,11-20)9-13-4-5-13/h8,13,20H,3-7,9-11H2,1-2H3. The van der Waals surface area contributed by atoms with Gasteiger partial charge in [0.2, 0.25) is 0 Å². The molecule has 0 aromatic carbocycles. The van der Waals surface area contributed by atoms with E-state index >= 15 is 0 Å². The van der Waals surface area contributed by atoms with Gasteiger partial charge in [0.05, 0.1) is 12.3 Å². The van der Waals surface area contributed by atoms with Gasteiger partial charge in [-0.15, -0.1) is 0 Å². The lowest BCUT2D eigenvalue weighted by molar-refractivity contribution is 0.0190. The molecular formula is C16H25N3O2. The highest BCUT2D eigenvalue weighted by atomic mass is 16.3. The van der Waals surface area contributed by atoms with Gasteiger partial charge < -0.3 is 10.0 Å². The lowest BCUT2D eigenvalue weighted by atomic mass is 9.76. The fourth-order valence-electron chi connectivity index (χ4n) is 3.65. The van der Waals surface area contributed by atoms with Gasteiger partial charge in [-0.2, -0.15) is 5.10 Å². The molecule has 1 aromatic heterocycles. The molecule has 0 spiro atoms. The number of nitrogens with zero attached hydrogens (tertiary/aromatic N) is 3. The molecule has 1 aliphatic carbocycles. The van der Waals surface area contributed by atoms with E-state index in [2.05, 4.69) is 5.10 Å². The van der Waals surface area contributed by atoms with Gasteiger partial charge >= 0.3 is 0 Å². The summed E-state index contributed by atoms with van der Waals surface area (Å²) in [6, 6.07) is 1.85. The second-order valence-corrected chi connectivity index (χ2v) is 6.93. The zero-order valence-electron chi connectivity index (χ0n) is 13.0. The quantitative estimate of drug-likeness (QED) is 0.919. The third-order valence-corrected chi connectivity index (χ3v) is 4.92. The first kappa shape index (κ1) is 14.6. The molecule has 2 heterocycles. The Kier molecular flexibility index (Phi) is 3.78. The minimum atomic E-state index is -0.0806. The summed E-state index contributed by atoms with van der Waals surface area (Å²) in [5.74, 6) is 0.817. The van der Waals surface area contributed by atoms with Crippen molar-refractivity contribution in [2.24, 2.45) is 18.4 Å². The summed E-state index contributed by atoms with van der Waals surface area (Å²) in [5, 5.41) is 14.2. The van der Waals surface area contributed by atoms with Crippen molar-refractivity contribution < 1.29 is 9.90 Å². The van der Waals surface area contributed by atoms with Crippen molar-refractivity contribution in [3.63, 3.8) is 0 Å². The molecular weight excluding hydrogens is 266 g/mol. The highest BCUT2D eigenvalue weighted by Crippen LogP contribution is 2.44. The predicted molar refractivity (Wildman–Crippen MR) is 79.9 cm³/mol. The Morgan fingerprint density at radius 2 is 2.29 bits per heavy atom. The third-order valence-electron chi connectivity index (χ3n) is 4.92. The molecule has 1 atom stereocenters.